The molecule has 28 heavy (non-hydrogen) atoms. The Bertz CT molecular complexity index is 590. The molecule has 1 atom stereocenters. The third kappa shape index (κ3) is 5.18. The van der Waals surface area contributed by atoms with Crippen molar-refractivity contribution in [3.05, 3.63) is 24.0 Å². The van der Waals surface area contributed by atoms with Crippen LogP contribution in [0.25, 0.3) is 0 Å². The average molecular weight is 387 g/mol. The minimum atomic E-state index is 0.181. The molecule has 3 heterocycles. The molecule has 0 radical (unpaired) electrons. The third-order valence-corrected chi connectivity index (χ3v) is 7.12. The lowest BCUT2D eigenvalue weighted by molar-refractivity contribution is 0.0605. The molecule has 1 aromatic rings. The highest BCUT2D eigenvalue weighted by Crippen LogP contribution is 2.28. The molecule has 1 saturated carbocycles. The molecule has 3 aliphatic rings. The first-order chi connectivity index (χ1) is 13.8. The Balaban J connectivity index is 1.36. The zero-order valence-electron chi connectivity index (χ0n) is 17.5. The maximum absolute atomic E-state index is 13.2. The molecule has 0 unspecified atom stereocenters. The van der Waals surface area contributed by atoms with Crippen molar-refractivity contribution in [1.29, 1.82) is 0 Å². The van der Waals surface area contributed by atoms with Crippen molar-refractivity contribution in [1.82, 2.24) is 19.7 Å². The number of H-pyrrole nitrogens is 1. The SMILES string of the molecule is O=C(c1ccc[nH]1)N(CCN1CCCCC1)C[C@H]1CCCN(C2CCCC2)C1. The standard InChI is InChI=1S/C23H38N4O/c28-23(22-11-6-12-24-22)27(17-16-25-13-4-1-5-14-25)19-20-8-7-15-26(18-20)21-9-2-3-10-21/h6,11-12,20-21,24H,1-5,7-10,13-19H2/t20-/m0/s1. The van der Waals surface area contributed by atoms with Crippen molar-refractivity contribution in [2.75, 3.05) is 45.8 Å². The Labute approximate surface area is 170 Å². The molecule has 0 bridgehead atoms. The van der Waals surface area contributed by atoms with Crippen LogP contribution in [-0.4, -0.2) is 77.4 Å². The molecule has 1 aliphatic carbocycles. The van der Waals surface area contributed by atoms with Gasteiger partial charge >= 0.3 is 0 Å². The molecular weight excluding hydrogens is 348 g/mol. The summed E-state index contributed by atoms with van der Waals surface area (Å²) in [6, 6.07) is 4.66. The normalized spacial score (nSPS) is 25.2. The van der Waals surface area contributed by atoms with Gasteiger partial charge in [-0.25, -0.2) is 0 Å². The molecule has 5 heteroatoms. The van der Waals surface area contributed by atoms with Gasteiger partial charge in [0.05, 0.1) is 0 Å². The van der Waals surface area contributed by atoms with Gasteiger partial charge in [0.1, 0.15) is 5.69 Å². The summed E-state index contributed by atoms with van der Waals surface area (Å²) in [6.45, 7) is 7.63. The van der Waals surface area contributed by atoms with Crippen LogP contribution in [0.5, 0.6) is 0 Å². The van der Waals surface area contributed by atoms with E-state index in [1.807, 2.05) is 18.3 Å². The van der Waals surface area contributed by atoms with E-state index in [9.17, 15) is 4.79 Å². The van der Waals surface area contributed by atoms with E-state index in [4.69, 9.17) is 0 Å². The van der Waals surface area contributed by atoms with E-state index in [1.54, 1.807) is 0 Å². The Morgan fingerprint density at radius 1 is 1.04 bits per heavy atom. The maximum atomic E-state index is 13.2. The minimum Gasteiger partial charge on any atom is -0.357 e. The summed E-state index contributed by atoms with van der Waals surface area (Å²) in [5.41, 5.74) is 0.738. The Morgan fingerprint density at radius 2 is 1.86 bits per heavy atom. The number of carbonyl (C=O) groups is 1. The van der Waals surface area contributed by atoms with E-state index in [1.165, 1.54) is 84.0 Å². The number of aromatic amines is 1. The topological polar surface area (TPSA) is 42.6 Å². The van der Waals surface area contributed by atoms with Crippen LogP contribution in [-0.2, 0) is 0 Å². The first-order valence-corrected chi connectivity index (χ1v) is 11.7. The first kappa shape index (κ1) is 20.0. The fraction of sp³-hybridized carbons (Fsp3) is 0.783. The summed E-state index contributed by atoms with van der Waals surface area (Å²) in [4.78, 5) is 23.7. The minimum absolute atomic E-state index is 0.181. The molecule has 5 nitrogen and oxygen atoms in total. The lowest BCUT2D eigenvalue weighted by Gasteiger charge is -2.39. The van der Waals surface area contributed by atoms with Crippen molar-refractivity contribution in [3.8, 4) is 0 Å². The quantitative estimate of drug-likeness (QED) is 0.779. The number of hydrogen-bond acceptors (Lipinski definition) is 3. The Kier molecular flexibility index (Phi) is 7.08. The van der Waals surface area contributed by atoms with Crippen LogP contribution in [0, 0.1) is 5.92 Å². The zero-order chi connectivity index (χ0) is 19.2. The number of nitrogens with one attached hydrogen (secondary N) is 1. The van der Waals surface area contributed by atoms with E-state index >= 15 is 0 Å². The molecule has 1 aromatic heterocycles. The molecule has 2 aliphatic heterocycles. The van der Waals surface area contributed by atoms with Gasteiger partial charge in [-0.3, -0.25) is 4.79 Å². The van der Waals surface area contributed by atoms with Gasteiger partial charge in [0.25, 0.3) is 5.91 Å². The Hall–Kier alpha value is -1.33. The maximum Gasteiger partial charge on any atom is 0.270 e. The summed E-state index contributed by atoms with van der Waals surface area (Å²) in [5.74, 6) is 0.801. The summed E-state index contributed by atoms with van der Waals surface area (Å²) >= 11 is 0. The second-order valence-corrected chi connectivity index (χ2v) is 9.18. The number of carbonyl (C=O) groups excluding carboxylic acids is 1. The molecule has 0 aromatic carbocycles. The summed E-state index contributed by atoms with van der Waals surface area (Å²) in [5, 5.41) is 0. The second kappa shape index (κ2) is 9.93. The summed E-state index contributed by atoms with van der Waals surface area (Å²) in [6.07, 6.45) is 14.0. The number of hydrogen-bond donors (Lipinski definition) is 1. The Morgan fingerprint density at radius 3 is 2.61 bits per heavy atom. The second-order valence-electron chi connectivity index (χ2n) is 9.18. The highest BCUT2D eigenvalue weighted by molar-refractivity contribution is 5.92. The first-order valence-electron chi connectivity index (χ1n) is 11.7. The van der Waals surface area contributed by atoms with Crippen LogP contribution in [0.1, 0.15) is 68.3 Å². The highest BCUT2D eigenvalue weighted by Gasteiger charge is 2.30. The van der Waals surface area contributed by atoms with Gasteiger partial charge in [-0.2, -0.15) is 0 Å². The number of amides is 1. The fourth-order valence-corrected chi connectivity index (χ4v) is 5.51. The largest absolute Gasteiger partial charge is 0.357 e. The smallest absolute Gasteiger partial charge is 0.270 e. The average Bonchev–Trinajstić information content (AvgIpc) is 3.46. The number of likely N-dealkylation sites (tertiary alicyclic amines) is 2. The third-order valence-electron chi connectivity index (χ3n) is 7.12. The predicted octanol–water partition coefficient (Wildman–Crippen LogP) is 3.60. The van der Waals surface area contributed by atoms with Crippen LogP contribution < -0.4 is 0 Å². The van der Waals surface area contributed by atoms with Gasteiger partial charge in [-0.15, -0.1) is 0 Å². The van der Waals surface area contributed by atoms with Crippen molar-refractivity contribution in [2.24, 2.45) is 5.92 Å². The number of nitrogens with zero attached hydrogens (tertiary/aromatic N) is 3. The molecule has 2 saturated heterocycles. The summed E-state index contributed by atoms with van der Waals surface area (Å²) < 4.78 is 0. The van der Waals surface area contributed by atoms with Crippen LogP contribution in [0.4, 0.5) is 0 Å². The molecule has 1 N–H and O–H groups in total. The number of piperidine rings is 2. The van der Waals surface area contributed by atoms with Gasteiger partial charge in [0, 0.05) is 38.4 Å². The molecule has 1 amide bonds. The lowest BCUT2D eigenvalue weighted by Crippen LogP contribution is -2.47. The molecule has 3 fully saturated rings. The van der Waals surface area contributed by atoms with Gasteiger partial charge in [-0.05, 0) is 76.2 Å². The van der Waals surface area contributed by atoms with Crippen LogP contribution >= 0.6 is 0 Å². The molecular formula is C23H38N4O. The van der Waals surface area contributed by atoms with Gasteiger partial charge in [0.2, 0.25) is 0 Å². The van der Waals surface area contributed by atoms with Crippen molar-refractivity contribution >= 4 is 5.91 Å². The van der Waals surface area contributed by atoms with Crippen LogP contribution in [0.3, 0.4) is 0 Å². The van der Waals surface area contributed by atoms with Crippen LogP contribution in [0.15, 0.2) is 18.3 Å². The predicted molar refractivity (Wildman–Crippen MR) is 114 cm³/mol. The van der Waals surface area contributed by atoms with E-state index in [0.717, 1.165) is 31.4 Å². The zero-order valence-corrected chi connectivity index (χ0v) is 17.5. The molecule has 0 spiro atoms. The van der Waals surface area contributed by atoms with Crippen molar-refractivity contribution < 1.29 is 4.79 Å². The van der Waals surface area contributed by atoms with E-state index < -0.39 is 0 Å². The molecule has 156 valence electrons. The number of rotatable bonds is 7. The van der Waals surface area contributed by atoms with Crippen molar-refractivity contribution in [2.45, 2.75) is 63.8 Å². The van der Waals surface area contributed by atoms with E-state index in [-0.39, 0.29) is 5.91 Å². The fourth-order valence-electron chi connectivity index (χ4n) is 5.51. The van der Waals surface area contributed by atoms with Gasteiger partial charge in [-0.1, -0.05) is 19.3 Å². The van der Waals surface area contributed by atoms with Gasteiger partial charge < -0.3 is 19.7 Å². The lowest BCUT2D eigenvalue weighted by atomic mass is 9.95. The molecule has 4 rings (SSSR count). The van der Waals surface area contributed by atoms with E-state index in [2.05, 4.69) is 19.7 Å². The van der Waals surface area contributed by atoms with Crippen LogP contribution in [0.2, 0.25) is 0 Å². The monoisotopic (exact) mass is 386 g/mol. The highest BCUT2D eigenvalue weighted by atomic mass is 16.2. The number of aromatic nitrogens is 1. The van der Waals surface area contributed by atoms with Gasteiger partial charge in [0.15, 0.2) is 0 Å². The van der Waals surface area contributed by atoms with E-state index in [0.29, 0.717) is 5.92 Å². The summed E-state index contributed by atoms with van der Waals surface area (Å²) in [7, 11) is 0. The van der Waals surface area contributed by atoms with Crippen molar-refractivity contribution in [3.63, 3.8) is 0 Å².